The predicted octanol–water partition coefficient (Wildman–Crippen LogP) is 3.16. The molecule has 0 bridgehead atoms. The second kappa shape index (κ2) is 5.71. The molecule has 0 heterocycles. The van der Waals surface area contributed by atoms with E-state index in [1.165, 1.54) is 24.3 Å². The van der Waals surface area contributed by atoms with E-state index >= 15 is 0 Å². The van der Waals surface area contributed by atoms with Gasteiger partial charge in [0.05, 0.1) is 5.02 Å². The Balaban J connectivity index is 2.07. The van der Waals surface area contributed by atoms with Crippen molar-refractivity contribution in [2.24, 2.45) is 5.73 Å². The normalized spacial score (nSPS) is 10.2. The molecule has 2 aromatic rings. The van der Waals surface area contributed by atoms with Crippen molar-refractivity contribution in [3.8, 4) is 5.75 Å². The van der Waals surface area contributed by atoms with E-state index in [9.17, 15) is 9.18 Å². The molecule has 0 saturated heterocycles. The molecule has 2 rings (SSSR count). The van der Waals surface area contributed by atoms with Crippen molar-refractivity contribution in [3.05, 3.63) is 64.4 Å². The summed E-state index contributed by atoms with van der Waals surface area (Å²) in [6, 6.07) is 10.5. The van der Waals surface area contributed by atoms with Gasteiger partial charge in [-0.1, -0.05) is 23.7 Å². The minimum Gasteiger partial charge on any atom is -0.487 e. The van der Waals surface area contributed by atoms with Crippen LogP contribution < -0.4 is 10.5 Å². The van der Waals surface area contributed by atoms with Gasteiger partial charge in [-0.3, -0.25) is 4.79 Å². The highest BCUT2D eigenvalue weighted by molar-refractivity contribution is 6.32. The smallest absolute Gasteiger partial charge is 0.248 e. The van der Waals surface area contributed by atoms with Gasteiger partial charge in [0, 0.05) is 5.56 Å². The van der Waals surface area contributed by atoms with Crippen LogP contribution in [0.25, 0.3) is 0 Å². The summed E-state index contributed by atoms with van der Waals surface area (Å²) in [6.45, 7) is 0.260. The summed E-state index contributed by atoms with van der Waals surface area (Å²) < 4.78 is 18.2. The third kappa shape index (κ3) is 3.45. The van der Waals surface area contributed by atoms with Gasteiger partial charge >= 0.3 is 0 Å². The van der Waals surface area contributed by atoms with Gasteiger partial charge in [-0.15, -0.1) is 0 Å². The molecule has 1 amide bonds. The summed E-state index contributed by atoms with van der Waals surface area (Å²) in [5.74, 6) is -0.407. The minimum absolute atomic E-state index is 0.260. The van der Waals surface area contributed by atoms with Gasteiger partial charge in [-0.05, 0) is 35.9 Å². The van der Waals surface area contributed by atoms with E-state index in [2.05, 4.69) is 0 Å². The molecule has 0 aliphatic carbocycles. The van der Waals surface area contributed by atoms with Crippen LogP contribution in [-0.4, -0.2) is 5.91 Å². The van der Waals surface area contributed by atoms with Crippen molar-refractivity contribution in [1.82, 2.24) is 0 Å². The number of rotatable bonds is 4. The molecular formula is C14H11ClFNO2. The third-order valence-electron chi connectivity index (χ3n) is 2.52. The number of ether oxygens (including phenoxy) is 1. The average Bonchev–Trinajstić information content (AvgIpc) is 2.39. The Morgan fingerprint density at radius 2 is 1.89 bits per heavy atom. The molecule has 0 atom stereocenters. The van der Waals surface area contributed by atoms with Crippen molar-refractivity contribution >= 4 is 17.5 Å². The molecule has 0 aliphatic rings. The van der Waals surface area contributed by atoms with E-state index in [1.54, 1.807) is 18.2 Å². The van der Waals surface area contributed by atoms with Crippen LogP contribution in [0.4, 0.5) is 4.39 Å². The lowest BCUT2D eigenvalue weighted by Crippen LogP contribution is -2.10. The van der Waals surface area contributed by atoms with Crippen LogP contribution in [0, 0.1) is 5.82 Å². The lowest BCUT2D eigenvalue weighted by molar-refractivity contribution is 0.1000. The molecule has 0 aromatic heterocycles. The Morgan fingerprint density at radius 3 is 2.47 bits per heavy atom. The fourth-order valence-corrected chi connectivity index (χ4v) is 1.75. The molecule has 0 radical (unpaired) electrons. The maximum absolute atomic E-state index is 12.7. The molecule has 0 fully saturated rings. The van der Waals surface area contributed by atoms with Crippen molar-refractivity contribution < 1.29 is 13.9 Å². The number of hydrogen-bond donors (Lipinski definition) is 1. The molecule has 0 unspecified atom stereocenters. The Kier molecular flexibility index (Phi) is 4.02. The standard InChI is InChI=1S/C14H11ClFNO2/c15-12-7-10(14(17)18)3-6-13(12)19-8-9-1-4-11(16)5-2-9/h1-7H,8H2,(H2,17,18). The van der Waals surface area contributed by atoms with E-state index in [0.29, 0.717) is 16.3 Å². The second-order valence-electron chi connectivity index (χ2n) is 3.92. The van der Waals surface area contributed by atoms with Crippen LogP contribution in [0.3, 0.4) is 0 Å². The summed E-state index contributed by atoms with van der Waals surface area (Å²) in [5.41, 5.74) is 6.27. The Bertz CT molecular complexity index is 599. The average molecular weight is 280 g/mol. The van der Waals surface area contributed by atoms with Gasteiger partial charge in [-0.25, -0.2) is 4.39 Å². The van der Waals surface area contributed by atoms with E-state index < -0.39 is 5.91 Å². The van der Waals surface area contributed by atoms with Gasteiger partial charge in [0.1, 0.15) is 18.2 Å². The first-order chi connectivity index (χ1) is 9.06. The third-order valence-corrected chi connectivity index (χ3v) is 2.82. The van der Waals surface area contributed by atoms with Crippen molar-refractivity contribution in [1.29, 1.82) is 0 Å². The number of primary amides is 1. The molecule has 19 heavy (non-hydrogen) atoms. The van der Waals surface area contributed by atoms with Crippen molar-refractivity contribution in [2.45, 2.75) is 6.61 Å². The van der Waals surface area contributed by atoms with Crippen LogP contribution in [0.2, 0.25) is 5.02 Å². The van der Waals surface area contributed by atoms with Gasteiger partial charge in [-0.2, -0.15) is 0 Å². The van der Waals surface area contributed by atoms with Crippen molar-refractivity contribution in [3.63, 3.8) is 0 Å². The highest BCUT2D eigenvalue weighted by Crippen LogP contribution is 2.26. The SMILES string of the molecule is NC(=O)c1ccc(OCc2ccc(F)cc2)c(Cl)c1. The molecule has 0 spiro atoms. The molecule has 2 aromatic carbocycles. The largest absolute Gasteiger partial charge is 0.487 e. The number of amides is 1. The fourth-order valence-electron chi connectivity index (χ4n) is 1.51. The Morgan fingerprint density at radius 1 is 1.21 bits per heavy atom. The van der Waals surface area contributed by atoms with Crippen molar-refractivity contribution in [2.75, 3.05) is 0 Å². The predicted molar refractivity (Wildman–Crippen MR) is 70.7 cm³/mol. The topological polar surface area (TPSA) is 52.3 Å². The zero-order chi connectivity index (χ0) is 13.8. The summed E-state index contributed by atoms with van der Waals surface area (Å²) in [5, 5.41) is 0.304. The summed E-state index contributed by atoms with van der Waals surface area (Å²) >= 11 is 5.97. The Hall–Kier alpha value is -2.07. The number of hydrogen-bond acceptors (Lipinski definition) is 2. The highest BCUT2D eigenvalue weighted by atomic mass is 35.5. The molecule has 3 nitrogen and oxygen atoms in total. The van der Waals surface area contributed by atoms with E-state index in [0.717, 1.165) is 5.56 Å². The van der Waals surface area contributed by atoms with Crippen LogP contribution in [-0.2, 0) is 6.61 Å². The maximum Gasteiger partial charge on any atom is 0.248 e. The van der Waals surface area contributed by atoms with Gasteiger partial charge < -0.3 is 10.5 Å². The van der Waals surface area contributed by atoms with E-state index in [4.69, 9.17) is 22.1 Å². The lowest BCUT2D eigenvalue weighted by atomic mass is 10.2. The minimum atomic E-state index is -0.549. The Labute approximate surface area is 114 Å². The first kappa shape index (κ1) is 13.4. The van der Waals surface area contributed by atoms with Gasteiger partial charge in [0.25, 0.3) is 0 Å². The second-order valence-corrected chi connectivity index (χ2v) is 4.33. The van der Waals surface area contributed by atoms with E-state index in [1.807, 2.05) is 0 Å². The lowest BCUT2D eigenvalue weighted by Gasteiger charge is -2.08. The zero-order valence-electron chi connectivity index (χ0n) is 9.90. The van der Waals surface area contributed by atoms with Crippen LogP contribution in [0.15, 0.2) is 42.5 Å². The molecular weight excluding hydrogens is 269 g/mol. The molecule has 0 aliphatic heterocycles. The molecule has 0 saturated carbocycles. The zero-order valence-corrected chi connectivity index (χ0v) is 10.7. The number of benzene rings is 2. The summed E-state index contributed by atoms with van der Waals surface area (Å²) in [6.07, 6.45) is 0. The number of carbonyl (C=O) groups is 1. The number of halogens is 2. The highest BCUT2D eigenvalue weighted by Gasteiger charge is 2.06. The molecule has 5 heteroatoms. The first-order valence-electron chi connectivity index (χ1n) is 5.53. The molecule has 98 valence electrons. The quantitative estimate of drug-likeness (QED) is 0.935. The fraction of sp³-hybridized carbons (Fsp3) is 0.0714. The van der Waals surface area contributed by atoms with E-state index in [-0.39, 0.29) is 12.4 Å². The van der Waals surface area contributed by atoms with Crippen LogP contribution >= 0.6 is 11.6 Å². The van der Waals surface area contributed by atoms with Crippen LogP contribution in [0.5, 0.6) is 5.75 Å². The number of carbonyl (C=O) groups excluding carboxylic acids is 1. The van der Waals surface area contributed by atoms with Gasteiger partial charge in [0.15, 0.2) is 0 Å². The van der Waals surface area contributed by atoms with Gasteiger partial charge in [0.2, 0.25) is 5.91 Å². The summed E-state index contributed by atoms with van der Waals surface area (Å²) in [7, 11) is 0. The first-order valence-corrected chi connectivity index (χ1v) is 5.90. The summed E-state index contributed by atoms with van der Waals surface area (Å²) in [4.78, 5) is 11.0. The maximum atomic E-state index is 12.7. The monoisotopic (exact) mass is 279 g/mol. The number of nitrogens with two attached hydrogens (primary N) is 1. The molecule has 2 N–H and O–H groups in total. The van der Waals surface area contributed by atoms with Crippen LogP contribution in [0.1, 0.15) is 15.9 Å².